The second kappa shape index (κ2) is 8.95. The Labute approximate surface area is 85.8 Å². The van der Waals surface area contributed by atoms with Crippen LogP contribution in [0.15, 0.2) is 0 Å². The Bertz CT molecular complexity index is 145. The molecule has 1 radical (unpaired) electrons. The van der Waals surface area contributed by atoms with Gasteiger partial charge in [0.25, 0.3) is 0 Å². The molecule has 0 bridgehead atoms. The molecule has 0 spiro atoms. The lowest BCUT2D eigenvalue weighted by molar-refractivity contribution is -0.0368. The van der Waals surface area contributed by atoms with Gasteiger partial charge in [0.15, 0.2) is 7.00 Å². The van der Waals surface area contributed by atoms with Crippen molar-refractivity contribution in [1.82, 2.24) is 5.31 Å². The molecule has 3 unspecified atom stereocenters. The Kier molecular flexibility index (Phi) is 7.88. The molecule has 1 N–H and O–H groups in total. The van der Waals surface area contributed by atoms with Crippen LogP contribution in [0.5, 0.6) is 0 Å². The van der Waals surface area contributed by atoms with Gasteiger partial charge in [-0.15, -0.1) is 0 Å². The highest BCUT2D eigenvalue weighted by atomic mass is 31.0. The highest BCUT2D eigenvalue weighted by molar-refractivity contribution is 7.56. The highest BCUT2D eigenvalue weighted by Crippen LogP contribution is 2.04. The van der Waals surface area contributed by atoms with Crippen LogP contribution in [0.1, 0.15) is 13.8 Å². The van der Waals surface area contributed by atoms with Crippen LogP contribution in [-0.4, -0.2) is 45.9 Å². The summed E-state index contributed by atoms with van der Waals surface area (Å²) in [4.78, 5) is 0. The Morgan fingerprint density at radius 3 is 2.92 bits per heavy atom. The van der Waals surface area contributed by atoms with Crippen molar-refractivity contribution in [3.05, 3.63) is 0 Å². The number of nitrogens with one attached hydrogen (secondary N) is 1. The molecule has 1 fully saturated rings. The average Bonchev–Trinajstić information content (AvgIpc) is 2.20. The number of hydrogen-bond donors (Lipinski definition) is 1. The van der Waals surface area contributed by atoms with Gasteiger partial charge < -0.3 is 14.8 Å². The van der Waals surface area contributed by atoms with E-state index in [1.165, 1.54) is 5.31 Å². The minimum absolute atomic E-state index is 0.0306. The maximum absolute atomic E-state index is 7.48. The summed E-state index contributed by atoms with van der Waals surface area (Å²) in [5.74, 6) is 0. The molecule has 0 aromatic heterocycles. The van der Waals surface area contributed by atoms with Gasteiger partial charge in [0.1, 0.15) is 1.41 Å². The third kappa shape index (κ3) is 5.63. The molecule has 0 aliphatic carbocycles. The van der Waals surface area contributed by atoms with Crippen molar-refractivity contribution in [2.45, 2.75) is 26.0 Å². The van der Waals surface area contributed by atoms with E-state index in [0.717, 1.165) is 0 Å². The zero-order valence-corrected chi connectivity index (χ0v) is 9.85. The summed E-state index contributed by atoms with van der Waals surface area (Å²) >= 11 is 0. The summed E-state index contributed by atoms with van der Waals surface area (Å²) in [7, 11) is 4.16. The highest BCUT2D eigenvalue weighted by Gasteiger charge is 2.20. The van der Waals surface area contributed by atoms with Gasteiger partial charge in [0.05, 0.1) is 12.7 Å². The minimum atomic E-state index is 0.0306. The average molecular weight is 206 g/mol. The van der Waals surface area contributed by atoms with Crippen LogP contribution < -0.4 is 5.31 Å². The first-order chi connectivity index (χ1) is 6.76. The first-order valence-electron chi connectivity index (χ1n) is 5.14. The van der Waals surface area contributed by atoms with Crippen LogP contribution in [0.3, 0.4) is 0 Å². The molecule has 0 aromatic carbocycles. The van der Waals surface area contributed by atoms with Crippen LogP contribution in [0.25, 0.3) is 0 Å². The Morgan fingerprint density at radius 1 is 1.69 bits per heavy atom. The molecule has 1 aliphatic rings. The fourth-order valence-corrected chi connectivity index (χ4v) is 1.28. The van der Waals surface area contributed by atoms with Crippen LogP contribution in [-0.2, 0) is 9.47 Å². The van der Waals surface area contributed by atoms with Crippen molar-refractivity contribution >= 4 is 16.1 Å². The van der Waals surface area contributed by atoms with Gasteiger partial charge in [-0.2, -0.15) is 9.12 Å². The second-order valence-electron chi connectivity index (χ2n) is 2.53. The van der Waals surface area contributed by atoms with E-state index in [9.17, 15) is 0 Å². The molecule has 0 saturated carbocycles. The van der Waals surface area contributed by atoms with Crippen molar-refractivity contribution < 1.29 is 10.9 Å². The first kappa shape index (κ1) is 11.4. The maximum Gasteiger partial charge on any atom is 0.178 e. The van der Waals surface area contributed by atoms with Crippen molar-refractivity contribution in [3.8, 4) is 0 Å². The van der Waals surface area contributed by atoms with Gasteiger partial charge in [0, 0.05) is 26.2 Å². The van der Waals surface area contributed by atoms with Crippen LogP contribution >= 0.6 is 9.12 Å². The molecule has 3 atom stereocenters. The topological polar surface area (TPSA) is 30.5 Å². The molecule has 1 rings (SSSR count). The molecule has 0 amide bonds. The van der Waals surface area contributed by atoms with Gasteiger partial charge in [-0.25, -0.2) is 0 Å². The molecule has 77 valence electrons. The summed E-state index contributed by atoms with van der Waals surface area (Å²) < 4.78 is 18.0. The Hall–Kier alpha value is 0.375. The Balaban J connectivity index is 0.000000791. The first-order valence-corrected chi connectivity index (χ1v) is 5.36. The van der Waals surface area contributed by atoms with Gasteiger partial charge >= 0.3 is 0 Å². The van der Waals surface area contributed by atoms with Crippen molar-refractivity contribution in [2.24, 2.45) is 0 Å². The zero-order valence-electron chi connectivity index (χ0n) is 9.69. The molecule has 1 saturated heterocycles. The number of rotatable bonds is 3. The molecule has 1 heterocycles. The maximum atomic E-state index is 7.48. The fraction of sp³-hybridized carbons (Fsp3) is 1.00. The van der Waals surface area contributed by atoms with E-state index < -0.39 is 0 Å². The number of ether oxygens (including phenoxy) is 2. The van der Waals surface area contributed by atoms with Gasteiger partial charge in [0.2, 0.25) is 0 Å². The molecule has 3 nitrogen and oxygen atoms in total. The second-order valence-corrected chi connectivity index (χ2v) is 2.92. The summed E-state index contributed by atoms with van der Waals surface area (Å²) in [6, 6.07) is 0.0430. The SMILES string of the molecule is CC.[3H]N1CC([B]P)OC(COC)C1. The predicted molar refractivity (Wildman–Crippen MR) is 60.2 cm³/mol. The van der Waals surface area contributed by atoms with E-state index in [2.05, 4.69) is 9.12 Å². The molecule has 5 heteroatoms. The Morgan fingerprint density at radius 2 is 2.38 bits per heavy atom. The van der Waals surface area contributed by atoms with Gasteiger partial charge in [-0.3, -0.25) is 0 Å². The van der Waals surface area contributed by atoms with E-state index in [1.54, 1.807) is 7.11 Å². The molecule has 13 heavy (non-hydrogen) atoms. The van der Waals surface area contributed by atoms with Crippen molar-refractivity contribution in [2.75, 3.05) is 26.8 Å². The van der Waals surface area contributed by atoms with E-state index in [4.69, 9.17) is 10.9 Å². The van der Waals surface area contributed by atoms with Crippen molar-refractivity contribution in [3.63, 3.8) is 0 Å². The lowest BCUT2D eigenvalue weighted by Crippen LogP contribution is -2.47. The zero-order chi connectivity index (χ0) is 11.0. The molecule has 1 aliphatic heterocycles. The summed E-state index contributed by atoms with van der Waals surface area (Å²) in [6.45, 7) is 7.72. The monoisotopic (exact) mass is 206 g/mol. The third-order valence-electron chi connectivity index (χ3n) is 1.58. The van der Waals surface area contributed by atoms with Crippen LogP contribution in [0.4, 0.5) is 0 Å². The van der Waals surface area contributed by atoms with Crippen LogP contribution in [0.2, 0.25) is 1.41 Å². The van der Waals surface area contributed by atoms with Gasteiger partial charge in [-0.05, 0) is 0 Å². The lowest BCUT2D eigenvalue weighted by atomic mass is 9.96. The third-order valence-corrected chi connectivity index (χ3v) is 2.01. The number of morpholine rings is 1. The molecule has 0 aromatic rings. The normalized spacial score (nSPS) is 30.0. The number of methoxy groups -OCH3 is 1. The van der Waals surface area contributed by atoms with E-state index in [1.807, 2.05) is 20.8 Å². The molecular weight excluding hydrogens is 184 g/mol. The number of hydrogen-bond acceptors (Lipinski definition) is 3. The van der Waals surface area contributed by atoms with E-state index in [0.29, 0.717) is 19.7 Å². The lowest BCUT2D eigenvalue weighted by Gasteiger charge is -2.29. The van der Waals surface area contributed by atoms with Gasteiger partial charge in [-0.1, -0.05) is 13.8 Å². The standard InChI is InChI=1S/C6H14BNO2P.C2H6/c1-9-4-5-2-8-3-6(7-11)10-5;1-2/h5-6,8H,2-4,11H2,1H3;1-2H3/i/hT. The van der Waals surface area contributed by atoms with E-state index in [-0.39, 0.29) is 12.1 Å². The summed E-state index contributed by atoms with van der Waals surface area (Å²) in [5, 5.41) is 1.51. The van der Waals surface area contributed by atoms with Crippen LogP contribution in [0, 0.1) is 0 Å². The smallest absolute Gasteiger partial charge is 0.178 e. The molecular formula is C8H20BNO2P. The van der Waals surface area contributed by atoms with E-state index >= 15 is 0 Å². The predicted octanol–water partition coefficient (Wildman–Crippen LogP) is 0.468. The summed E-state index contributed by atoms with van der Waals surface area (Å²) in [5.41, 5.74) is 0. The minimum Gasteiger partial charge on any atom is -0.382 e. The summed E-state index contributed by atoms with van der Waals surface area (Å²) in [6.07, 6.45) is 0.0306. The largest absolute Gasteiger partial charge is 0.382 e. The fourth-order valence-electron chi connectivity index (χ4n) is 1.06. The quantitative estimate of drug-likeness (QED) is 0.537. The van der Waals surface area contributed by atoms with Crippen molar-refractivity contribution in [1.29, 1.82) is 0 Å².